The molecule has 1 aromatic heterocycles. The van der Waals surface area contributed by atoms with Gasteiger partial charge in [0, 0.05) is 32.4 Å². The third kappa shape index (κ3) is 6.68. The zero-order valence-electron chi connectivity index (χ0n) is 19.3. The number of aliphatic hydroxyl groups is 1. The van der Waals surface area contributed by atoms with Gasteiger partial charge >= 0.3 is 11.7 Å². The summed E-state index contributed by atoms with van der Waals surface area (Å²) in [4.78, 5) is 53.6. The number of methoxy groups -OCH3 is 1. The number of para-hydroxylation sites is 1. The summed E-state index contributed by atoms with van der Waals surface area (Å²) in [6.07, 6.45) is 1.43. The molecule has 0 aliphatic carbocycles. The highest BCUT2D eigenvalue weighted by atomic mass is 16.5. The molecule has 0 saturated heterocycles. The van der Waals surface area contributed by atoms with Crippen LogP contribution < -0.4 is 27.2 Å². The number of nitrogens with two attached hydrogens (primary N) is 1. The maximum atomic E-state index is 13.0. The number of hydrogen-bond donors (Lipinski definition) is 4. The van der Waals surface area contributed by atoms with Gasteiger partial charge in [-0.25, -0.2) is 9.59 Å². The van der Waals surface area contributed by atoms with Crippen molar-refractivity contribution in [2.75, 3.05) is 56.0 Å². The summed E-state index contributed by atoms with van der Waals surface area (Å²) in [5.41, 5.74) is 5.03. The third-order valence-corrected chi connectivity index (χ3v) is 4.94. The van der Waals surface area contributed by atoms with E-state index < -0.39 is 29.7 Å². The van der Waals surface area contributed by atoms with Gasteiger partial charge in [0.1, 0.15) is 5.82 Å². The minimum Gasteiger partial charge on any atom is -0.452 e. The molecule has 5 N–H and O–H groups in total. The van der Waals surface area contributed by atoms with Crippen molar-refractivity contribution in [3.8, 4) is 0 Å². The number of nitrogen functional groups attached to an aromatic ring is 1. The van der Waals surface area contributed by atoms with Crippen LogP contribution in [0.3, 0.4) is 0 Å². The summed E-state index contributed by atoms with van der Waals surface area (Å²) in [5.74, 6) is -1.64. The molecule has 1 aromatic carbocycles. The molecule has 0 fully saturated rings. The van der Waals surface area contributed by atoms with Crippen molar-refractivity contribution >= 4 is 29.1 Å². The maximum Gasteiger partial charge on any atom is 0.340 e. The Morgan fingerprint density at radius 2 is 2.00 bits per heavy atom. The number of benzene rings is 1. The van der Waals surface area contributed by atoms with E-state index in [0.29, 0.717) is 12.1 Å². The molecule has 0 radical (unpaired) electrons. The molecule has 0 aliphatic heterocycles. The second kappa shape index (κ2) is 13.2. The minimum atomic E-state index is -0.829. The van der Waals surface area contributed by atoms with E-state index in [2.05, 4.69) is 10.3 Å². The molecule has 0 bridgehead atoms. The highest BCUT2D eigenvalue weighted by Gasteiger charge is 2.25. The molecule has 2 rings (SSSR count). The first kappa shape index (κ1) is 26.6. The Balaban J connectivity index is 2.29. The molecule has 1 heterocycles. The fourth-order valence-corrected chi connectivity index (χ4v) is 3.21. The molecule has 0 spiro atoms. The summed E-state index contributed by atoms with van der Waals surface area (Å²) < 4.78 is 11.4. The van der Waals surface area contributed by atoms with Crippen LogP contribution in [0, 0.1) is 0 Å². The molecule has 0 saturated carbocycles. The molecule has 12 nitrogen and oxygen atoms in total. The van der Waals surface area contributed by atoms with Gasteiger partial charge in [0.15, 0.2) is 12.3 Å². The van der Waals surface area contributed by atoms with Crippen LogP contribution in [0.4, 0.5) is 17.2 Å². The monoisotopic (exact) mass is 477 g/mol. The molecule has 0 unspecified atom stereocenters. The number of esters is 1. The Hall–Kier alpha value is -3.64. The number of anilines is 3. The van der Waals surface area contributed by atoms with Crippen LogP contribution in [-0.4, -0.2) is 66.6 Å². The lowest BCUT2D eigenvalue weighted by Gasteiger charge is -2.24. The van der Waals surface area contributed by atoms with Crippen molar-refractivity contribution in [2.45, 2.75) is 26.3 Å². The first-order valence-corrected chi connectivity index (χ1v) is 10.9. The van der Waals surface area contributed by atoms with Gasteiger partial charge < -0.3 is 25.6 Å². The van der Waals surface area contributed by atoms with Gasteiger partial charge in [-0.2, -0.15) is 0 Å². The van der Waals surface area contributed by atoms with Crippen molar-refractivity contribution in [1.82, 2.24) is 9.55 Å². The Bertz CT molecular complexity index is 1100. The number of nitrogens with zero attached hydrogens (tertiary/aromatic N) is 2. The summed E-state index contributed by atoms with van der Waals surface area (Å²) in [7, 11) is 1.43. The number of amides is 1. The van der Waals surface area contributed by atoms with E-state index in [1.807, 2.05) is 6.92 Å². The standard InChI is InChI=1S/C22H31N5O7/c1-3-4-10-27-19(23)18(20(30)25-22(27)32)26(11-13-33-2)17(29)14-34-21(31)15-7-5-6-8-16(15)24-9-12-28/h5-8,24,28H,3-4,9-14,23H2,1-2H3,(H,25,30,32). The van der Waals surface area contributed by atoms with Gasteiger partial charge in [0.2, 0.25) is 0 Å². The van der Waals surface area contributed by atoms with Gasteiger partial charge in [0.25, 0.3) is 11.5 Å². The van der Waals surface area contributed by atoms with Crippen LogP contribution >= 0.6 is 0 Å². The fraction of sp³-hybridized carbons (Fsp3) is 0.455. The van der Waals surface area contributed by atoms with Gasteiger partial charge in [0.05, 0.1) is 18.8 Å². The Kier molecular flexibility index (Phi) is 10.3. The molecule has 186 valence electrons. The Morgan fingerprint density at radius 1 is 1.26 bits per heavy atom. The average molecular weight is 478 g/mol. The summed E-state index contributed by atoms with van der Waals surface area (Å²) in [5, 5.41) is 11.9. The number of carbonyl (C=O) groups excluding carboxylic acids is 2. The van der Waals surface area contributed by atoms with Crippen LogP contribution in [-0.2, 0) is 20.8 Å². The predicted octanol–water partition coefficient (Wildman–Crippen LogP) is 0.160. The number of nitrogens with one attached hydrogen (secondary N) is 2. The topological polar surface area (TPSA) is 169 Å². The van der Waals surface area contributed by atoms with Crippen molar-refractivity contribution in [3.05, 3.63) is 50.7 Å². The van der Waals surface area contributed by atoms with E-state index >= 15 is 0 Å². The first-order valence-electron chi connectivity index (χ1n) is 10.9. The van der Waals surface area contributed by atoms with Crippen molar-refractivity contribution in [3.63, 3.8) is 0 Å². The molecule has 12 heteroatoms. The van der Waals surface area contributed by atoms with Gasteiger partial charge in [-0.1, -0.05) is 25.5 Å². The second-order valence-electron chi connectivity index (χ2n) is 7.31. The van der Waals surface area contributed by atoms with Gasteiger partial charge in [-0.05, 0) is 18.6 Å². The lowest BCUT2D eigenvalue weighted by molar-refractivity contribution is -0.121. The number of unbranched alkanes of at least 4 members (excludes halogenated alkanes) is 1. The maximum absolute atomic E-state index is 13.0. The number of hydrogen-bond acceptors (Lipinski definition) is 9. The van der Waals surface area contributed by atoms with Gasteiger partial charge in [-0.3, -0.25) is 24.0 Å². The minimum absolute atomic E-state index is 0.0548. The van der Waals surface area contributed by atoms with Crippen LogP contribution in [0.25, 0.3) is 0 Å². The van der Waals surface area contributed by atoms with Crippen molar-refractivity contribution in [2.24, 2.45) is 0 Å². The molecule has 34 heavy (non-hydrogen) atoms. The molecule has 2 aromatic rings. The SMILES string of the molecule is CCCCn1c(N)c(N(CCOC)C(=O)COC(=O)c2ccccc2NCCO)c(=O)[nH]c1=O. The summed E-state index contributed by atoms with van der Waals surface area (Å²) >= 11 is 0. The highest BCUT2D eigenvalue weighted by molar-refractivity contribution is 6.00. The van der Waals surface area contributed by atoms with E-state index in [9.17, 15) is 19.2 Å². The predicted molar refractivity (Wildman–Crippen MR) is 127 cm³/mol. The normalized spacial score (nSPS) is 10.7. The number of aromatic amines is 1. The van der Waals surface area contributed by atoms with E-state index in [-0.39, 0.29) is 49.9 Å². The largest absolute Gasteiger partial charge is 0.452 e. The highest BCUT2D eigenvalue weighted by Crippen LogP contribution is 2.19. The van der Waals surface area contributed by atoms with E-state index in [1.165, 1.54) is 17.7 Å². The number of ether oxygens (including phenoxy) is 2. The van der Waals surface area contributed by atoms with E-state index in [1.54, 1.807) is 18.2 Å². The third-order valence-electron chi connectivity index (χ3n) is 4.94. The lowest BCUT2D eigenvalue weighted by Crippen LogP contribution is -2.44. The van der Waals surface area contributed by atoms with Crippen molar-refractivity contribution in [1.29, 1.82) is 0 Å². The number of H-pyrrole nitrogens is 1. The van der Waals surface area contributed by atoms with Gasteiger partial charge in [-0.15, -0.1) is 0 Å². The molecule has 1 amide bonds. The summed E-state index contributed by atoms with van der Waals surface area (Å²) in [6, 6.07) is 6.49. The smallest absolute Gasteiger partial charge is 0.340 e. The number of carbonyl (C=O) groups is 2. The zero-order valence-corrected chi connectivity index (χ0v) is 19.3. The molecular weight excluding hydrogens is 446 g/mol. The Morgan fingerprint density at radius 3 is 2.68 bits per heavy atom. The van der Waals surface area contributed by atoms with Crippen LogP contribution in [0.15, 0.2) is 33.9 Å². The Labute approximate surface area is 196 Å². The second-order valence-corrected chi connectivity index (χ2v) is 7.31. The molecule has 0 atom stereocenters. The average Bonchev–Trinajstić information content (AvgIpc) is 2.82. The fourth-order valence-electron chi connectivity index (χ4n) is 3.21. The summed E-state index contributed by atoms with van der Waals surface area (Å²) in [6.45, 7) is 1.64. The van der Waals surface area contributed by atoms with Crippen LogP contribution in [0.1, 0.15) is 30.1 Å². The van der Waals surface area contributed by atoms with Crippen LogP contribution in [0.5, 0.6) is 0 Å². The first-order chi connectivity index (χ1) is 16.3. The number of aromatic nitrogens is 2. The van der Waals surface area contributed by atoms with E-state index in [4.69, 9.17) is 20.3 Å². The number of aliphatic hydroxyl groups excluding tert-OH is 1. The molecule has 0 aliphatic rings. The van der Waals surface area contributed by atoms with Crippen LogP contribution in [0.2, 0.25) is 0 Å². The van der Waals surface area contributed by atoms with E-state index in [0.717, 1.165) is 11.3 Å². The zero-order chi connectivity index (χ0) is 25.1. The molecular formula is C22H31N5O7. The number of rotatable bonds is 13. The lowest BCUT2D eigenvalue weighted by atomic mass is 10.2. The quantitative estimate of drug-likeness (QED) is 0.294. The van der Waals surface area contributed by atoms with Crippen molar-refractivity contribution < 1.29 is 24.2 Å².